The summed E-state index contributed by atoms with van der Waals surface area (Å²) in [7, 11) is 0. The van der Waals surface area contributed by atoms with Crippen LogP contribution in [0.1, 0.15) is 0 Å². The fourth-order valence-corrected chi connectivity index (χ4v) is 2.28. The monoisotopic (exact) mass is 278 g/mol. The van der Waals surface area contributed by atoms with Crippen LogP contribution in [-0.4, -0.2) is 33.7 Å². The van der Waals surface area contributed by atoms with Gasteiger partial charge in [-0.3, -0.25) is 9.59 Å². The molecule has 0 fully saturated rings. The molecule has 0 aromatic heterocycles. The molecule has 2 N–H and O–H groups in total. The zero-order valence-corrected chi connectivity index (χ0v) is 10.7. The Balaban J connectivity index is 3.71. The van der Waals surface area contributed by atoms with Gasteiger partial charge in [-0.1, -0.05) is 12.2 Å². The summed E-state index contributed by atoms with van der Waals surface area (Å²) < 4.78 is 5.01. The van der Waals surface area contributed by atoms with Gasteiger partial charge in [-0.15, -0.1) is 13.2 Å². The molecule has 0 aliphatic rings. The minimum atomic E-state index is -0.962. The van der Waals surface area contributed by atoms with Crippen molar-refractivity contribution in [2.24, 2.45) is 11.8 Å². The fourth-order valence-electron chi connectivity index (χ4n) is 0.716. The first-order valence-corrected chi connectivity index (χ1v) is 6.46. The average molecular weight is 278 g/mol. The second-order valence-corrected chi connectivity index (χ2v) is 4.68. The summed E-state index contributed by atoms with van der Waals surface area (Å²) in [5, 5.41) is 17.4. The lowest BCUT2D eigenvalue weighted by Crippen LogP contribution is -2.14. The second kappa shape index (κ2) is 9.15. The van der Waals surface area contributed by atoms with Crippen LogP contribution in [0.3, 0.4) is 0 Å². The Morgan fingerprint density at radius 2 is 1.41 bits per heavy atom. The molecule has 0 saturated heterocycles. The fraction of sp³-hybridized carbons (Fsp3) is 0.400. The lowest BCUT2D eigenvalue weighted by atomic mass is 10.2. The van der Waals surface area contributed by atoms with Gasteiger partial charge in [0.1, 0.15) is 0 Å². The predicted molar refractivity (Wildman–Crippen MR) is 68.6 cm³/mol. The standard InChI is InChI=1S/C10H14O5S2/c1-3-7(9(11)12)5-16-15-17-6-8(4-2)10(13)14/h3-4,7-8H,1-2,5-6H2,(H,11,12)(H,13,14). The molecule has 2 atom stereocenters. The van der Waals surface area contributed by atoms with Gasteiger partial charge in [0.05, 0.1) is 11.8 Å². The van der Waals surface area contributed by atoms with Crippen LogP contribution < -0.4 is 0 Å². The summed E-state index contributed by atoms with van der Waals surface area (Å²) in [6, 6.07) is 0. The third kappa shape index (κ3) is 7.09. The maximum Gasteiger partial charge on any atom is 0.311 e. The van der Waals surface area contributed by atoms with Crippen molar-refractivity contribution in [3.8, 4) is 0 Å². The Kier molecular flexibility index (Phi) is 8.65. The molecule has 5 nitrogen and oxygen atoms in total. The Morgan fingerprint density at radius 3 is 1.65 bits per heavy atom. The van der Waals surface area contributed by atoms with E-state index >= 15 is 0 Å². The van der Waals surface area contributed by atoms with Gasteiger partial charge < -0.3 is 10.2 Å². The van der Waals surface area contributed by atoms with Gasteiger partial charge in [0.25, 0.3) is 0 Å². The van der Waals surface area contributed by atoms with E-state index in [1.807, 2.05) is 0 Å². The third-order valence-electron chi connectivity index (χ3n) is 1.79. The Bertz CT molecular complexity index is 264. The van der Waals surface area contributed by atoms with Crippen molar-refractivity contribution in [3.05, 3.63) is 25.3 Å². The van der Waals surface area contributed by atoms with Crippen molar-refractivity contribution in [3.63, 3.8) is 0 Å². The number of hydrogen-bond donors (Lipinski definition) is 2. The Morgan fingerprint density at radius 1 is 1.06 bits per heavy atom. The number of aliphatic carboxylic acids is 2. The van der Waals surface area contributed by atoms with Crippen molar-refractivity contribution in [2.75, 3.05) is 11.5 Å². The summed E-state index contributed by atoms with van der Waals surface area (Å²) in [5.74, 6) is -2.80. The molecule has 0 spiro atoms. The Hall–Kier alpha value is -0.920. The van der Waals surface area contributed by atoms with Crippen molar-refractivity contribution in [1.82, 2.24) is 0 Å². The van der Waals surface area contributed by atoms with E-state index in [9.17, 15) is 9.59 Å². The smallest absolute Gasteiger partial charge is 0.311 e. The van der Waals surface area contributed by atoms with E-state index in [0.29, 0.717) is 0 Å². The summed E-state index contributed by atoms with van der Waals surface area (Å²) in [6.45, 7) is 6.80. The normalized spacial score (nSPS) is 13.6. The summed E-state index contributed by atoms with van der Waals surface area (Å²) in [4.78, 5) is 21.2. The van der Waals surface area contributed by atoms with E-state index in [0.717, 1.165) is 24.1 Å². The van der Waals surface area contributed by atoms with E-state index in [2.05, 4.69) is 13.2 Å². The van der Waals surface area contributed by atoms with Crippen LogP contribution in [0.5, 0.6) is 0 Å². The van der Waals surface area contributed by atoms with Gasteiger partial charge in [-0.05, 0) is 0 Å². The lowest BCUT2D eigenvalue weighted by Gasteiger charge is -2.07. The van der Waals surface area contributed by atoms with Crippen LogP contribution in [0.25, 0.3) is 0 Å². The first-order valence-electron chi connectivity index (χ1n) is 4.64. The molecule has 0 bridgehead atoms. The van der Waals surface area contributed by atoms with Gasteiger partial charge in [0.15, 0.2) is 0 Å². The zero-order chi connectivity index (χ0) is 13.3. The number of rotatable bonds is 10. The summed E-state index contributed by atoms with van der Waals surface area (Å²) in [6.07, 6.45) is 2.65. The van der Waals surface area contributed by atoms with E-state index in [1.165, 1.54) is 12.2 Å². The van der Waals surface area contributed by atoms with Crippen LogP contribution in [-0.2, 0) is 13.2 Å². The van der Waals surface area contributed by atoms with Gasteiger partial charge in [-0.2, -0.15) is 0 Å². The third-order valence-corrected chi connectivity index (χ3v) is 3.56. The molecule has 17 heavy (non-hydrogen) atoms. The Labute approximate surface area is 108 Å². The zero-order valence-electron chi connectivity index (χ0n) is 9.07. The lowest BCUT2D eigenvalue weighted by molar-refractivity contribution is -0.140. The summed E-state index contributed by atoms with van der Waals surface area (Å²) >= 11 is 1.92. The van der Waals surface area contributed by atoms with E-state index in [-0.39, 0.29) is 11.5 Å². The minimum Gasteiger partial charge on any atom is -0.481 e. The molecular formula is C10H14O5S2. The van der Waals surface area contributed by atoms with E-state index in [1.54, 1.807) is 0 Å². The number of hydrogen-bond acceptors (Lipinski definition) is 5. The van der Waals surface area contributed by atoms with Crippen molar-refractivity contribution < 1.29 is 23.4 Å². The number of carboxylic acid groups (broad SMARTS) is 2. The van der Waals surface area contributed by atoms with Crippen LogP contribution in [0.4, 0.5) is 0 Å². The topological polar surface area (TPSA) is 83.8 Å². The molecule has 0 aromatic carbocycles. The molecule has 0 aliphatic heterocycles. The number of carbonyl (C=O) groups is 2. The van der Waals surface area contributed by atoms with Crippen LogP contribution in [0.15, 0.2) is 25.3 Å². The first-order chi connectivity index (χ1) is 8.02. The SMILES string of the molecule is C=CC(CSOSCC(C=C)C(=O)O)C(=O)O. The molecule has 0 rings (SSSR count). The minimum absolute atomic E-state index is 0.234. The number of carboxylic acids is 2. The van der Waals surface area contributed by atoms with Gasteiger partial charge in [0.2, 0.25) is 0 Å². The molecule has 0 radical (unpaired) electrons. The van der Waals surface area contributed by atoms with E-state index in [4.69, 9.17) is 13.8 Å². The molecule has 0 saturated carbocycles. The molecule has 96 valence electrons. The predicted octanol–water partition coefficient (Wildman–Crippen LogP) is 2.07. The maximum absolute atomic E-state index is 10.6. The van der Waals surface area contributed by atoms with Gasteiger partial charge in [-0.25, -0.2) is 3.63 Å². The van der Waals surface area contributed by atoms with Gasteiger partial charge >= 0.3 is 11.9 Å². The highest BCUT2D eigenvalue weighted by atomic mass is 32.2. The van der Waals surface area contributed by atoms with Crippen molar-refractivity contribution >= 4 is 36.0 Å². The van der Waals surface area contributed by atoms with Crippen molar-refractivity contribution in [2.45, 2.75) is 0 Å². The highest BCUT2D eigenvalue weighted by Gasteiger charge is 2.15. The molecule has 7 heteroatoms. The highest BCUT2D eigenvalue weighted by molar-refractivity contribution is 8.07. The highest BCUT2D eigenvalue weighted by Crippen LogP contribution is 2.21. The second-order valence-electron chi connectivity index (χ2n) is 3.00. The van der Waals surface area contributed by atoms with E-state index < -0.39 is 23.8 Å². The quantitative estimate of drug-likeness (QED) is 0.359. The maximum atomic E-state index is 10.6. The average Bonchev–Trinajstić information content (AvgIpc) is 2.27. The van der Waals surface area contributed by atoms with Crippen LogP contribution in [0.2, 0.25) is 0 Å². The molecule has 0 amide bonds. The summed E-state index contributed by atoms with van der Waals surface area (Å²) in [5.41, 5.74) is 0. The molecular weight excluding hydrogens is 264 g/mol. The first kappa shape index (κ1) is 16.1. The largest absolute Gasteiger partial charge is 0.481 e. The molecule has 0 heterocycles. The van der Waals surface area contributed by atoms with Crippen molar-refractivity contribution in [1.29, 1.82) is 0 Å². The molecule has 0 aromatic rings. The molecule has 0 aliphatic carbocycles. The molecule has 2 unspecified atom stereocenters. The van der Waals surface area contributed by atoms with Crippen LogP contribution in [0, 0.1) is 11.8 Å². The van der Waals surface area contributed by atoms with Crippen LogP contribution >= 0.6 is 24.1 Å². The van der Waals surface area contributed by atoms with Gasteiger partial charge in [0, 0.05) is 35.6 Å².